The molecule has 7 nitrogen and oxygen atoms in total. The number of ether oxygens (including phenoxy) is 1. The molecule has 4 aromatic heterocycles. The molecule has 1 aliphatic rings. The molecule has 0 saturated carbocycles. The molecule has 8 heteroatoms. The van der Waals surface area contributed by atoms with Crippen LogP contribution in [0.5, 0.6) is 11.5 Å². The predicted octanol–water partition coefficient (Wildman–Crippen LogP) is 12.4. The first kappa shape index (κ1) is 37.3. The number of aryl methyl sites for hydroxylation is 1. The monoisotopic (exact) mass is 776 g/mol. The number of para-hydroxylation sites is 2. The maximum absolute atomic E-state index is 6.75. The minimum absolute atomic E-state index is 0.236. The van der Waals surface area contributed by atoms with E-state index in [1.54, 1.807) is 0 Å². The van der Waals surface area contributed by atoms with E-state index in [2.05, 4.69) is 187 Å². The van der Waals surface area contributed by atoms with Gasteiger partial charge in [0.1, 0.15) is 23.0 Å². The minimum Gasteiger partial charge on any atom is -0.457 e. The van der Waals surface area contributed by atoms with Crippen LogP contribution >= 0.6 is 0 Å². The number of pyridine rings is 2. The Hall–Kier alpha value is -5.96. The molecule has 0 unspecified atom stereocenters. The topological polar surface area (TPSA) is 62.8 Å². The van der Waals surface area contributed by atoms with Crippen molar-refractivity contribution in [2.75, 3.05) is 0 Å². The first-order valence-corrected chi connectivity index (χ1v) is 20.8. The molecule has 5 aromatic carbocycles. The number of hydrogen-bond donors (Lipinski definition) is 0. The molecular formula is C51H49BN4O3. The van der Waals surface area contributed by atoms with Crippen LogP contribution in [0.15, 0.2) is 122 Å². The van der Waals surface area contributed by atoms with Gasteiger partial charge in [0.05, 0.1) is 39.6 Å². The molecule has 1 saturated heterocycles. The average molecular weight is 777 g/mol. The van der Waals surface area contributed by atoms with Crippen LogP contribution in [0, 0.1) is 6.92 Å². The van der Waals surface area contributed by atoms with Gasteiger partial charge in [-0.1, -0.05) is 82.3 Å². The van der Waals surface area contributed by atoms with Gasteiger partial charge in [-0.2, -0.15) is 0 Å². The molecule has 0 atom stereocenters. The van der Waals surface area contributed by atoms with Gasteiger partial charge >= 0.3 is 7.12 Å². The largest absolute Gasteiger partial charge is 0.494 e. The van der Waals surface area contributed by atoms with Gasteiger partial charge < -0.3 is 14.0 Å². The van der Waals surface area contributed by atoms with Crippen LogP contribution in [0.1, 0.15) is 83.9 Å². The van der Waals surface area contributed by atoms with E-state index in [0.29, 0.717) is 0 Å². The molecule has 0 radical (unpaired) electrons. The second-order valence-electron chi connectivity index (χ2n) is 17.8. The summed E-state index contributed by atoms with van der Waals surface area (Å²) >= 11 is 0. The van der Waals surface area contributed by atoms with E-state index in [9.17, 15) is 0 Å². The van der Waals surface area contributed by atoms with Gasteiger partial charge in [-0.15, -0.1) is 0 Å². The molecule has 10 rings (SSSR count). The lowest BCUT2D eigenvalue weighted by Gasteiger charge is -2.32. The lowest BCUT2D eigenvalue weighted by molar-refractivity contribution is 0.00578. The Bertz CT molecular complexity index is 3080. The summed E-state index contributed by atoms with van der Waals surface area (Å²) in [6, 6.07) is 38.6. The molecule has 9 aromatic rings. The van der Waals surface area contributed by atoms with Crippen molar-refractivity contribution in [1.29, 1.82) is 0 Å². The maximum Gasteiger partial charge on any atom is 0.494 e. The van der Waals surface area contributed by atoms with E-state index >= 15 is 0 Å². The Kier molecular flexibility index (Phi) is 8.57. The standard InChI is InChI=1S/C51H49BN4O3/c1-30(2)40-24-33(52-58-50(6,7)51(8,9)59-52)25-41(31(3)4)48(40)46-29-54-49-42-26-34(19-21-36(42)37-14-10-13-17-44(37)56(46)49)57-35-20-22-39-38-15-11-12-16-43(38)55(45(39)27-35)47-23-18-32(5)28-53-47/h10-31H,1-9H3. The Morgan fingerprint density at radius 2 is 1.19 bits per heavy atom. The van der Waals surface area contributed by atoms with Crippen molar-refractivity contribution in [2.45, 2.75) is 85.4 Å². The molecule has 0 amide bonds. The molecule has 5 heterocycles. The number of hydrogen-bond acceptors (Lipinski definition) is 5. The van der Waals surface area contributed by atoms with Crippen LogP contribution in [0.25, 0.3) is 66.2 Å². The van der Waals surface area contributed by atoms with Gasteiger partial charge in [0.25, 0.3) is 0 Å². The SMILES string of the molecule is Cc1ccc(-n2c3ccccc3c3ccc(Oc4ccc5c6ccccc6n6c(-c7c(C(C)C)cc(B8OC(C)(C)C(C)(C)O8)cc7C(C)C)cnc6c5c4)cc32)nc1. The van der Waals surface area contributed by atoms with E-state index in [1.807, 2.05) is 6.20 Å². The summed E-state index contributed by atoms with van der Waals surface area (Å²) in [6.07, 6.45) is 3.98. The molecule has 59 heavy (non-hydrogen) atoms. The highest BCUT2D eigenvalue weighted by atomic mass is 16.7. The summed E-state index contributed by atoms with van der Waals surface area (Å²) in [7, 11) is -0.447. The van der Waals surface area contributed by atoms with Crippen molar-refractivity contribution in [3.05, 3.63) is 138 Å². The molecule has 0 spiro atoms. The highest BCUT2D eigenvalue weighted by Crippen LogP contribution is 2.43. The van der Waals surface area contributed by atoms with Crippen LogP contribution < -0.4 is 10.2 Å². The fraction of sp³-hybridized carbons (Fsp3) is 0.255. The normalized spacial score (nSPS) is 15.3. The minimum atomic E-state index is -0.447. The van der Waals surface area contributed by atoms with Crippen molar-refractivity contribution < 1.29 is 14.0 Å². The lowest BCUT2D eigenvalue weighted by Crippen LogP contribution is -2.41. The maximum atomic E-state index is 6.75. The first-order chi connectivity index (χ1) is 28.3. The Morgan fingerprint density at radius 3 is 1.83 bits per heavy atom. The van der Waals surface area contributed by atoms with Crippen LogP contribution in [-0.4, -0.2) is 37.3 Å². The van der Waals surface area contributed by atoms with Gasteiger partial charge in [0.15, 0.2) is 0 Å². The van der Waals surface area contributed by atoms with Crippen molar-refractivity contribution in [1.82, 2.24) is 18.9 Å². The Morgan fingerprint density at radius 1 is 0.593 bits per heavy atom. The van der Waals surface area contributed by atoms with E-state index in [-0.39, 0.29) is 11.8 Å². The highest BCUT2D eigenvalue weighted by molar-refractivity contribution is 6.62. The van der Waals surface area contributed by atoms with Crippen molar-refractivity contribution in [3.63, 3.8) is 0 Å². The van der Waals surface area contributed by atoms with Gasteiger partial charge in [0, 0.05) is 39.4 Å². The zero-order valence-corrected chi connectivity index (χ0v) is 35.3. The zero-order chi connectivity index (χ0) is 41.0. The van der Waals surface area contributed by atoms with E-state index < -0.39 is 18.3 Å². The summed E-state index contributed by atoms with van der Waals surface area (Å²) < 4.78 is 24.5. The molecule has 0 aliphatic carbocycles. The highest BCUT2D eigenvalue weighted by Gasteiger charge is 2.52. The summed E-state index contributed by atoms with van der Waals surface area (Å²) in [6.45, 7) is 19.6. The lowest BCUT2D eigenvalue weighted by atomic mass is 9.73. The summed E-state index contributed by atoms with van der Waals surface area (Å²) in [5.74, 6) is 2.84. The third-order valence-electron chi connectivity index (χ3n) is 12.7. The van der Waals surface area contributed by atoms with E-state index in [1.165, 1.54) is 22.1 Å². The second-order valence-corrected chi connectivity index (χ2v) is 17.8. The number of benzene rings is 5. The number of fused-ring (bicyclic) bond motifs is 9. The van der Waals surface area contributed by atoms with Crippen molar-refractivity contribution in [3.8, 4) is 28.6 Å². The third-order valence-corrected chi connectivity index (χ3v) is 12.7. The number of rotatable bonds is 7. The van der Waals surface area contributed by atoms with Gasteiger partial charge in [-0.3, -0.25) is 8.97 Å². The summed E-state index contributed by atoms with van der Waals surface area (Å²) in [5, 5.41) is 5.64. The van der Waals surface area contributed by atoms with Crippen LogP contribution in [0.3, 0.4) is 0 Å². The number of nitrogens with zero attached hydrogens (tertiary/aromatic N) is 4. The van der Waals surface area contributed by atoms with E-state index in [4.69, 9.17) is 24.0 Å². The third kappa shape index (κ3) is 5.95. The summed E-state index contributed by atoms with van der Waals surface area (Å²) in [5.41, 5.74) is 10.2. The predicted molar refractivity (Wildman–Crippen MR) is 243 cm³/mol. The Labute approximate surface area is 345 Å². The molecule has 0 N–H and O–H groups in total. The second kappa shape index (κ2) is 13.5. The van der Waals surface area contributed by atoms with Crippen LogP contribution in [-0.2, 0) is 9.31 Å². The van der Waals surface area contributed by atoms with Crippen molar-refractivity contribution >= 4 is 61.7 Å². The fourth-order valence-electron chi connectivity index (χ4n) is 8.89. The number of imidazole rings is 1. The van der Waals surface area contributed by atoms with Gasteiger partial charge in [-0.25, -0.2) is 9.97 Å². The van der Waals surface area contributed by atoms with Crippen molar-refractivity contribution in [2.24, 2.45) is 0 Å². The Balaban J connectivity index is 1.13. The molecule has 1 aliphatic heterocycles. The fourth-order valence-corrected chi connectivity index (χ4v) is 8.89. The van der Waals surface area contributed by atoms with Gasteiger partial charge in [-0.05, 0) is 123 Å². The van der Waals surface area contributed by atoms with Crippen LogP contribution in [0.4, 0.5) is 0 Å². The smallest absolute Gasteiger partial charge is 0.457 e. The average Bonchev–Trinajstić information content (AvgIpc) is 3.86. The molecular weight excluding hydrogens is 727 g/mol. The van der Waals surface area contributed by atoms with Crippen LogP contribution in [0.2, 0.25) is 0 Å². The molecule has 0 bridgehead atoms. The quantitative estimate of drug-likeness (QED) is 0.119. The summed E-state index contributed by atoms with van der Waals surface area (Å²) in [4.78, 5) is 10.0. The molecule has 1 fully saturated rings. The first-order valence-electron chi connectivity index (χ1n) is 20.8. The number of aromatic nitrogens is 4. The van der Waals surface area contributed by atoms with E-state index in [0.717, 1.165) is 77.8 Å². The molecule has 294 valence electrons. The van der Waals surface area contributed by atoms with Gasteiger partial charge in [0.2, 0.25) is 0 Å². The zero-order valence-electron chi connectivity index (χ0n) is 35.3.